The third-order valence-electron chi connectivity index (χ3n) is 6.06. The normalized spacial score (nSPS) is 40.0. The average molecular weight is 329 g/mol. The molecule has 0 radical (unpaired) electrons. The van der Waals surface area contributed by atoms with Gasteiger partial charge in [0.15, 0.2) is 0 Å². The summed E-state index contributed by atoms with van der Waals surface area (Å²) in [6.45, 7) is 7.16. The van der Waals surface area contributed by atoms with Gasteiger partial charge in [-0.1, -0.05) is 36.0 Å². The fourth-order valence-electron chi connectivity index (χ4n) is 4.72. The van der Waals surface area contributed by atoms with E-state index in [1.807, 2.05) is 12.2 Å². The molecule has 5 heteroatoms. The number of likely N-dealkylation sites (tertiary alicyclic amines) is 1. The molecule has 0 aromatic carbocycles. The average Bonchev–Trinajstić information content (AvgIpc) is 3.16. The molecule has 0 saturated carbocycles. The van der Waals surface area contributed by atoms with Crippen molar-refractivity contribution >= 4 is 11.9 Å². The van der Waals surface area contributed by atoms with Crippen molar-refractivity contribution in [3.63, 3.8) is 0 Å². The lowest BCUT2D eigenvalue weighted by Gasteiger charge is -2.26. The third-order valence-corrected chi connectivity index (χ3v) is 6.06. The second kappa shape index (κ2) is 5.31. The van der Waals surface area contributed by atoms with Gasteiger partial charge in [0.25, 0.3) is 0 Å². The number of allylic oxidation sites excluding steroid dienone is 2. The minimum absolute atomic E-state index is 0.0721. The van der Waals surface area contributed by atoms with Crippen LogP contribution in [-0.4, -0.2) is 46.7 Å². The highest BCUT2D eigenvalue weighted by atomic mass is 16.5. The van der Waals surface area contributed by atoms with E-state index < -0.39 is 29.5 Å². The van der Waals surface area contributed by atoms with Crippen LogP contribution in [0, 0.1) is 17.8 Å². The highest BCUT2D eigenvalue weighted by molar-refractivity contribution is 5.90. The molecule has 1 spiro atoms. The molecule has 5 atom stereocenters. The number of aliphatic carboxylic acids is 1. The summed E-state index contributed by atoms with van der Waals surface area (Å²) in [6.07, 6.45) is 8.52. The summed E-state index contributed by atoms with van der Waals surface area (Å²) in [5.41, 5.74) is 1.76. The van der Waals surface area contributed by atoms with Crippen LogP contribution >= 0.6 is 0 Å². The van der Waals surface area contributed by atoms with E-state index in [2.05, 4.69) is 19.6 Å². The van der Waals surface area contributed by atoms with Crippen LogP contribution in [0.1, 0.15) is 26.2 Å². The number of carboxylic acids is 1. The molecule has 128 valence electrons. The van der Waals surface area contributed by atoms with Gasteiger partial charge in [0, 0.05) is 6.54 Å². The molecule has 1 aliphatic carbocycles. The summed E-state index contributed by atoms with van der Waals surface area (Å²) < 4.78 is 5.91. The van der Waals surface area contributed by atoms with Crippen molar-refractivity contribution in [1.29, 1.82) is 0 Å². The topological polar surface area (TPSA) is 66.8 Å². The van der Waals surface area contributed by atoms with Gasteiger partial charge >= 0.3 is 5.97 Å². The maximum atomic E-state index is 12.8. The van der Waals surface area contributed by atoms with Gasteiger partial charge in [0.2, 0.25) is 5.91 Å². The minimum atomic E-state index is -0.937. The molecule has 1 amide bonds. The van der Waals surface area contributed by atoms with Gasteiger partial charge in [0.05, 0.1) is 18.6 Å². The van der Waals surface area contributed by atoms with Crippen molar-refractivity contribution in [3.05, 3.63) is 36.0 Å². The first kappa shape index (κ1) is 15.6. The zero-order valence-electron chi connectivity index (χ0n) is 13.9. The standard InChI is InChI=1S/C19H23NO4/c1-11(2)13-5-3-12(4-6-13)9-20-10-19-8-7-14(24-19)15(18(22)23)16(19)17(20)21/h3,7-8,13-16H,1,4-6,9-10H2,2H3,(H,22,23)/t13-,14+,15+,16+,19-/m1/s1. The van der Waals surface area contributed by atoms with Crippen LogP contribution in [0.25, 0.3) is 0 Å². The van der Waals surface area contributed by atoms with E-state index in [-0.39, 0.29) is 5.91 Å². The van der Waals surface area contributed by atoms with E-state index in [4.69, 9.17) is 4.74 Å². The fraction of sp³-hybridized carbons (Fsp3) is 0.579. The molecule has 5 nitrogen and oxygen atoms in total. The second-order valence-corrected chi connectivity index (χ2v) is 7.61. The van der Waals surface area contributed by atoms with Crippen LogP contribution in [0.4, 0.5) is 0 Å². The van der Waals surface area contributed by atoms with Gasteiger partial charge < -0.3 is 14.7 Å². The van der Waals surface area contributed by atoms with Crippen molar-refractivity contribution in [1.82, 2.24) is 4.90 Å². The summed E-state index contributed by atoms with van der Waals surface area (Å²) in [6, 6.07) is 0. The van der Waals surface area contributed by atoms with Crippen molar-refractivity contribution in [2.24, 2.45) is 17.8 Å². The summed E-state index contributed by atoms with van der Waals surface area (Å²) >= 11 is 0. The van der Waals surface area contributed by atoms with Crippen molar-refractivity contribution in [2.75, 3.05) is 13.1 Å². The maximum Gasteiger partial charge on any atom is 0.310 e. The molecule has 2 saturated heterocycles. The summed E-state index contributed by atoms with van der Waals surface area (Å²) in [5, 5.41) is 9.48. The van der Waals surface area contributed by atoms with Gasteiger partial charge in [-0.3, -0.25) is 9.59 Å². The van der Waals surface area contributed by atoms with Crippen LogP contribution in [0.3, 0.4) is 0 Å². The number of hydrogen-bond donors (Lipinski definition) is 1. The van der Waals surface area contributed by atoms with Crippen LogP contribution in [0.15, 0.2) is 36.0 Å². The Kier molecular flexibility index (Phi) is 3.46. The predicted octanol–water partition coefficient (Wildman–Crippen LogP) is 2.16. The minimum Gasteiger partial charge on any atom is -0.481 e. The second-order valence-electron chi connectivity index (χ2n) is 7.61. The molecule has 0 aromatic heterocycles. The molecule has 1 N–H and O–H groups in total. The molecule has 0 unspecified atom stereocenters. The SMILES string of the molecule is C=C(C)[C@@H]1CC=C(CN2C[C@@]34C=C[C@H](O3)[C@H](C(=O)O)[C@H]4C2=O)CC1. The quantitative estimate of drug-likeness (QED) is 0.803. The van der Waals surface area contributed by atoms with E-state index >= 15 is 0 Å². The third kappa shape index (κ3) is 2.18. The lowest BCUT2D eigenvalue weighted by atomic mass is 9.77. The van der Waals surface area contributed by atoms with Gasteiger partial charge in [-0.2, -0.15) is 0 Å². The Morgan fingerprint density at radius 1 is 1.54 bits per heavy atom. The first-order chi connectivity index (χ1) is 11.4. The number of nitrogens with zero attached hydrogens (tertiary/aromatic N) is 1. The van der Waals surface area contributed by atoms with Crippen molar-refractivity contribution < 1.29 is 19.4 Å². The fourth-order valence-corrected chi connectivity index (χ4v) is 4.72. The number of carbonyl (C=O) groups excluding carboxylic acids is 1. The lowest BCUT2D eigenvalue weighted by molar-refractivity contribution is -0.148. The summed E-state index contributed by atoms with van der Waals surface area (Å²) in [7, 11) is 0. The molecule has 2 bridgehead atoms. The summed E-state index contributed by atoms with van der Waals surface area (Å²) in [4.78, 5) is 26.2. The molecule has 3 aliphatic heterocycles. The molecule has 2 fully saturated rings. The maximum absolute atomic E-state index is 12.8. The van der Waals surface area contributed by atoms with E-state index in [9.17, 15) is 14.7 Å². The Labute approximate surface area is 141 Å². The first-order valence-corrected chi connectivity index (χ1v) is 8.63. The van der Waals surface area contributed by atoms with E-state index in [0.29, 0.717) is 19.0 Å². The number of rotatable bonds is 4. The highest BCUT2D eigenvalue weighted by Crippen LogP contribution is 2.52. The number of fused-ring (bicyclic) bond motifs is 1. The molecule has 24 heavy (non-hydrogen) atoms. The zero-order valence-corrected chi connectivity index (χ0v) is 13.9. The highest BCUT2D eigenvalue weighted by Gasteiger charge is 2.67. The van der Waals surface area contributed by atoms with Gasteiger partial charge in [0.1, 0.15) is 11.5 Å². The Bertz CT molecular complexity index is 679. The Morgan fingerprint density at radius 3 is 2.96 bits per heavy atom. The van der Waals surface area contributed by atoms with Crippen molar-refractivity contribution in [2.45, 2.75) is 37.9 Å². The van der Waals surface area contributed by atoms with Gasteiger partial charge in [-0.25, -0.2) is 0 Å². The zero-order chi connectivity index (χ0) is 17.1. The molecular weight excluding hydrogens is 306 g/mol. The van der Waals surface area contributed by atoms with Gasteiger partial charge in [-0.05, 0) is 32.1 Å². The number of ether oxygens (including phenoxy) is 1. The molecule has 4 aliphatic rings. The van der Waals surface area contributed by atoms with Crippen LogP contribution in [0.2, 0.25) is 0 Å². The van der Waals surface area contributed by atoms with Gasteiger partial charge in [-0.15, -0.1) is 0 Å². The predicted molar refractivity (Wildman–Crippen MR) is 88.2 cm³/mol. The molecule has 0 aromatic rings. The number of carboxylic acid groups (broad SMARTS) is 1. The molecular formula is C19H23NO4. The van der Waals surface area contributed by atoms with Crippen LogP contribution in [0.5, 0.6) is 0 Å². The Hall–Kier alpha value is -1.88. The molecule has 4 rings (SSSR count). The first-order valence-electron chi connectivity index (χ1n) is 8.63. The Morgan fingerprint density at radius 2 is 2.33 bits per heavy atom. The number of amides is 1. The van der Waals surface area contributed by atoms with Crippen LogP contribution < -0.4 is 0 Å². The van der Waals surface area contributed by atoms with E-state index in [1.54, 1.807) is 4.90 Å². The van der Waals surface area contributed by atoms with E-state index in [1.165, 1.54) is 11.1 Å². The largest absolute Gasteiger partial charge is 0.481 e. The lowest BCUT2D eigenvalue weighted by Crippen LogP contribution is -2.39. The smallest absolute Gasteiger partial charge is 0.310 e. The molecule has 3 heterocycles. The number of carbonyl (C=O) groups is 2. The summed E-state index contributed by atoms with van der Waals surface area (Å²) in [5.74, 6) is -1.79. The van der Waals surface area contributed by atoms with E-state index in [0.717, 1.165) is 19.3 Å². The number of hydrogen-bond acceptors (Lipinski definition) is 3. The monoisotopic (exact) mass is 329 g/mol. The van der Waals surface area contributed by atoms with Crippen LogP contribution in [-0.2, 0) is 14.3 Å². The van der Waals surface area contributed by atoms with Crippen molar-refractivity contribution in [3.8, 4) is 0 Å². The Balaban J connectivity index is 1.50.